The van der Waals surface area contributed by atoms with Crippen molar-refractivity contribution in [1.29, 1.82) is 0 Å². The van der Waals surface area contributed by atoms with E-state index >= 15 is 0 Å². The average molecular weight is 336 g/mol. The van der Waals surface area contributed by atoms with Gasteiger partial charge in [0.05, 0.1) is 24.4 Å². The fraction of sp³-hybridized carbons (Fsp3) is 0.125. The maximum atomic E-state index is 12.8. The van der Waals surface area contributed by atoms with Crippen molar-refractivity contribution in [2.24, 2.45) is 0 Å². The van der Waals surface area contributed by atoms with E-state index < -0.39 is 0 Å². The van der Waals surface area contributed by atoms with Crippen LogP contribution in [-0.2, 0) is 6.42 Å². The molecule has 4 aromatic heterocycles. The normalized spacial score (nSPS) is 11.0. The fourth-order valence-corrected chi connectivity index (χ4v) is 3.25. The highest BCUT2D eigenvalue weighted by Crippen LogP contribution is 2.23. The molecule has 0 spiro atoms. The largest absolute Gasteiger partial charge is 0.294 e. The molecule has 24 heavy (non-hydrogen) atoms. The molecule has 0 aliphatic heterocycles. The Morgan fingerprint density at radius 1 is 1.25 bits per heavy atom. The molecule has 8 heteroatoms. The van der Waals surface area contributed by atoms with Gasteiger partial charge in [0.25, 0.3) is 0 Å². The van der Waals surface area contributed by atoms with Gasteiger partial charge in [-0.1, -0.05) is 0 Å². The highest BCUT2D eigenvalue weighted by Gasteiger charge is 2.17. The second kappa shape index (κ2) is 5.89. The van der Waals surface area contributed by atoms with Crippen LogP contribution >= 0.6 is 11.3 Å². The molecule has 0 saturated heterocycles. The van der Waals surface area contributed by atoms with Crippen LogP contribution in [0.2, 0.25) is 0 Å². The number of carbonyl (C=O) groups excluding carboxylic acids is 1. The second-order valence-electron chi connectivity index (χ2n) is 5.32. The van der Waals surface area contributed by atoms with Crippen molar-refractivity contribution in [2.75, 3.05) is 0 Å². The van der Waals surface area contributed by atoms with Gasteiger partial charge in [-0.3, -0.25) is 9.20 Å². The minimum absolute atomic E-state index is 0.0359. The van der Waals surface area contributed by atoms with Crippen molar-refractivity contribution < 1.29 is 4.79 Å². The highest BCUT2D eigenvalue weighted by molar-refractivity contribution is 7.09. The van der Waals surface area contributed by atoms with E-state index in [1.165, 1.54) is 11.3 Å². The van der Waals surface area contributed by atoms with E-state index in [0.717, 1.165) is 21.8 Å². The van der Waals surface area contributed by atoms with E-state index in [1.54, 1.807) is 23.1 Å². The number of aryl methyl sites for hydroxylation is 1. The molecule has 0 fully saturated rings. The zero-order valence-corrected chi connectivity index (χ0v) is 13.6. The summed E-state index contributed by atoms with van der Waals surface area (Å²) in [5.41, 5.74) is 3.72. The van der Waals surface area contributed by atoms with Gasteiger partial charge in [0.2, 0.25) is 0 Å². The number of pyridine rings is 1. The summed E-state index contributed by atoms with van der Waals surface area (Å²) in [5.74, 6) is -0.0359. The molecule has 4 aromatic rings. The summed E-state index contributed by atoms with van der Waals surface area (Å²) in [6.45, 7) is 1.91. The van der Waals surface area contributed by atoms with Crippen molar-refractivity contribution in [1.82, 2.24) is 29.8 Å². The number of Topliss-reactive ketones (excluding diaryl/α,β-unsaturated/α-hetero) is 1. The van der Waals surface area contributed by atoms with Gasteiger partial charge in [0.15, 0.2) is 11.4 Å². The van der Waals surface area contributed by atoms with Gasteiger partial charge in [-0.2, -0.15) is 10.2 Å². The summed E-state index contributed by atoms with van der Waals surface area (Å²) in [5, 5.41) is 18.4. The summed E-state index contributed by atoms with van der Waals surface area (Å²) in [4.78, 5) is 17.1. The van der Waals surface area contributed by atoms with Crippen molar-refractivity contribution in [3.63, 3.8) is 0 Å². The van der Waals surface area contributed by atoms with Crippen LogP contribution in [0.15, 0.2) is 42.4 Å². The summed E-state index contributed by atoms with van der Waals surface area (Å²) in [7, 11) is 0. The van der Waals surface area contributed by atoms with Crippen LogP contribution in [0.3, 0.4) is 0 Å². The average Bonchev–Trinajstić information content (AvgIpc) is 3.23. The molecule has 0 aromatic carbocycles. The molecule has 0 N–H and O–H groups in total. The van der Waals surface area contributed by atoms with E-state index in [9.17, 15) is 4.79 Å². The molecule has 0 saturated carbocycles. The molecule has 0 radical (unpaired) electrons. The lowest BCUT2D eigenvalue weighted by Gasteiger charge is -2.06. The van der Waals surface area contributed by atoms with Crippen LogP contribution in [0.4, 0.5) is 0 Å². The third kappa shape index (κ3) is 2.67. The Morgan fingerprint density at radius 3 is 2.92 bits per heavy atom. The predicted molar refractivity (Wildman–Crippen MR) is 88.9 cm³/mol. The van der Waals surface area contributed by atoms with E-state index in [4.69, 9.17) is 0 Å². The summed E-state index contributed by atoms with van der Waals surface area (Å²) in [6.07, 6.45) is 6.98. The number of nitrogens with zero attached hydrogens (tertiary/aromatic N) is 6. The quantitative estimate of drug-likeness (QED) is 0.532. The molecule has 118 valence electrons. The first-order chi connectivity index (χ1) is 11.7. The number of rotatable bonds is 4. The zero-order valence-electron chi connectivity index (χ0n) is 12.7. The van der Waals surface area contributed by atoms with Crippen LogP contribution in [0, 0.1) is 6.92 Å². The first-order valence-corrected chi connectivity index (χ1v) is 8.13. The Labute approximate surface area is 141 Å². The Kier molecular flexibility index (Phi) is 3.58. The van der Waals surface area contributed by atoms with E-state index in [-0.39, 0.29) is 12.2 Å². The Balaban J connectivity index is 1.78. The van der Waals surface area contributed by atoms with Gasteiger partial charge in [0.1, 0.15) is 11.3 Å². The number of carbonyl (C=O) groups is 1. The maximum Gasteiger partial charge on any atom is 0.173 e. The molecular formula is C16H12N6OS. The number of hydrogen-bond acceptors (Lipinski definition) is 7. The first-order valence-electron chi connectivity index (χ1n) is 7.25. The number of hydrogen-bond donors (Lipinski definition) is 0. The van der Waals surface area contributed by atoms with Gasteiger partial charge >= 0.3 is 0 Å². The van der Waals surface area contributed by atoms with Crippen LogP contribution < -0.4 is 0 Å². The fourth-order valence-electron chi connectivity index (χ4n) is 2.48. The first kappa shape index (κ1) is 14.6. The molecule has 0 amide bonds. The summed E-state index contributed by atoms with van der Waals surface area (Å²) >= 11 is 1.49. The van der Waals surface area contributed by atoms with Crippen LogP contribution in [0.1, 0.15) is 21.1 Å². The standard InChI is InChI=1S/C16H12N6OS/c1-10-8-24-15(20-10)5-14(23)13-4-12(11-2-3-17-18-6-11)7-22-9-19-21-16(13)22/h2-4,6-9H,5H2,1H3. The van der Waals surface area contributed by atoms with Gasteiger partial charge < -0.3 is 0 Å². The van der Waals surface area contributed by atoms with Gasteiger partial charge in [-0.05, 0) is 19.1 Å². The lowest BCUT2D eigenvalue weighted by molar-refractivity contribution is 0.0994. The van der Waals surface area contributed by atoms with E-state index in [2.05, 4.69) is 25.4 Å². The number of fused-ring (bicyclic) bond motifs is 1. The Morgan fingerprint density at radius 2 is 2.17 bits per heavy atom. The smallest absolute Gasteiger partial charge is 0.173 e. The molecular weight excluding hydrogens is 324 g/mol. The predicted octanol–water partition coefficient (Wildman–Crippen LogP) is 2.38. The Hall–Kier alpha value is -3.00. The van der Waals surface area contributed by atoms with Crippen molar-refractivity contribution >= 4 is 22.8 Å². The monoisotopic (exact) mass is 336 g/mol. The minimum Gasteiger partial charge on any atom is -0.294 e. The number of thiazole rings is 1. The van der Waals surface area contributed by atoms with Crippen molar-refractivity contribution in [3.05, 3.63) is 58.7 Å². The summed E-state index contributed by atoms with van der Waals surface area (Å²) in [6, 6.07) is 3.67. The van der Waals surface area contributed by atoms with E-state index in [1.807, 2.05) is 30.6 Å². The van der Waals surface area contributed by atoms with Crippen LogP contribution in [0.5, 0.6) is 0 Å². The minimum atomic E-state index is -0.0359. The van der Waals surface area contributed by atoms with Gasteiger partial charge in [-0.25, -0.2) is 4.98 Å². The molecule has 4 rings (SSSR count). The zero-order chi connectivity index (χ0) is 16.5. The molecule has 7 nitrogen and oxygen atoms in total. The van der Waals surface area contributed by atoms with Crippen molar-refractivity contribution in [3.8, 4) is 11.1 Å². The molecule has 0 atom stereocenters. The SMILES string of the molecule is Cc1csc(CC(=O)c2cc(-c3ccnnc3)cn3cnnc23)n1. The van der Waals surface area contributed by atoms with Crippen LogP contribution in [-0.4, -0.2) is 35.6 Å². The third-order valence-corrected chi connectivity index (χ3v) is 4.55. The summed E-state index contributed by atoms with van der Waals surface area (Å²) < 4.78 is 1.75. The molecule has 0 aliphatic carbocycles. The second-order valence-corrected chi connectivity index (χ2v) is 6.26. The van der Waals surface area contributed by atoms with Gasteiger partial charge in [-0.15, -0.1) is 21.5 Å². The number of ketones is 1. The lowest BCUT2D eigenvalue weighted by atomic mass is 10.0. The highest BCUT2D eigenvalue weighted by atomic mass is 32.1. The number of aromatic nitrogens is 6. The molecule has 0 unspecified atom stereocenters. The topological polar surface area (TPSA) is 85.9 Å². The lowest BCUT2D eigenvalue weighted by Crippen LogP contribution is -2.07. The molecule has 0 bridgehead atoms. The Bertz CT molecular complexity index is 1020. The van der Waals surface area contributed by atoms with Crippen LogP contribution in [0.25, 0.3) is 16.8 Å². The van der Waals surface area contributed by atoms with E-state index in [0.29, 0.717) is 11.2 Å². The molecule has 4 heterocycles. The maximum absolute atomic E-state index is 12.8. The van der Waals surface area contributed by atoms with Gasteiger partial charge in [0, 0.05) is 28.4 Å². The third-order valence-electron chi connectivity index (χ3n) is 3.59. The van der Waals surface area contributed by atoms with Crippen molar-refractivity contribution in [2.45, 2.75) is 13.3 Å². The molecule has 0 aliphatic rings.